The molecule has 1 aromatic carbocycles. The standard InChI is InChI=1S/C21H29N3O3/c1-13-6-5-7-17(12-13)27-20(25)18-14(2)22-21(26)23-19(18)15-8-10-16(11-9-15)24(3)4/h8-11,13,17,19H,5-7,12H2,1-4H3,(H2,22,23,26)/t13-,17+,19+/m0/s1. The van der Waals surface area contributed by atoms with Gasteiger partial charge in [-0.15, -0.1) is 0 Å². The second kappa shape index (κ2) is 8.03. The van der Waals surface area contributed by atoms with Crippen molar-refractivity contribution >= 4 is 17.7 Å². The summed E-state index contributed by atoms with van der Waals surface area (Å²) in [5, 5.41) is 5.57. The van der Waals surface area contributed by atoms with Gasteiger partial charge in [-0.1, -0.05) is 25.5 Å². The molecule has 27 heavy (non-hydrogen) atoms. The van der Waals surface area contributed by atoms with Crippen molar-refractivity contribution in [3.8, 4) is 0 Å². The van der Waals surface area contributed by atoms with Gasteiger partial charge in [0.25, 0.3) is 0 Å². The summed E-state index contributed by atoms with van der Waals surface area (Å²) in [6.07, 6.45) is 4.04. The SMILES string of the molecule is CC1=C(C(=O)O[C@@H]2CCC[C@H](C)C2)[C@@H](c2ccc(N(C)C)cc2)NC(=O)N1. The molecule has 2 aliphatic rings. The van der Waals surface area contributed by atoms with Crippen LogP contribution in [0.25, 0.3) is 0 Å². The van der Waals surface area contributed by atoms with Crippen LogP contribution in [0.3, 0.4) is 0 Å². The molecule has 0 bridgehead atoms. The van der Waals surface area contributed by atoms with Crippen LogP contribution < -0.4 is 15.5 Å². The summed E-state index contributed by atoms with van der Waals surface area (Å²) in [6.45, 7) is 3.95. The monoisotopic (exact) mass is 371 g/mol. The van der Waals surface area contributed by atoms with Crippen LogP contribution in [0.4, 0.5) is 10.5 Å². The van der Waals surface area contributed by atoms with E-state index in [1.807, 2.05) is 43.3 Å². The summed E-state index contributed by atoms with van der Waals surface area (Å²) in [5.74, 6) is 0.228. The molecule has 0 saturated heterocycles. The number of carbonyl (C=O) groups excluding carboxylic acids is 2. The zero-order chi connectivity index (χ0) is 19.6. The number of nitrogens with zero attached hydrogens (tertiary/aromatic N) is 1. The number of allylic oxidation sites excluding steroid dienone is 1. The van der Waals surface area contributed by atoms with Gasteiger partial charge >= 0.3 is 12.0 Å². The summed E-state index contributed by atoms with van der Waals surface area (Å²) in [4.78, 5) is 27.0. The molecule has 1 saturated carbocycles. The lowest BCUT2D eigenvalue weighted by atomic mass is 9.88. The first-order valence-corrected chi connectivity index (χ1v) is 9.61. The van der Waals surface area contributed by atoms with Crippen molar-refractivity contribution < 1.29 is 14.3 Å². The van der Waals surface area contributed by atoms with Crippen molar-refractivity contribution in [2.24, 2.45) is 5.92 Å². The molecular weight excluding hydrogens is 342 g/mol. The van der Waals surface area contributed by atoms with Crippen LogP contribution in [0, 0.1) is 5.92 Å². The number of rotatable bonds is 4. The fraction of sp³-hybridized carbons (Fsp3) is 0.524. The predicted molar refractivity (Wildman–Crippen MR) is 105 cm³/mol. The number of anilines is 1. The molecule has 1 heterocycles. The summed E-state index contributed by atoms with van der Waals surface area (Å²) in [7, 11) is 3.94. The van der Waals surface area contributed by atoms with Crippen molar-refractivity contribution in [3.63, 3.8) is 0 Å². The molecule has 6 heteroatoms. The third kappa shape index (κ3) is 4.43. The minimum absolute atomic E-state index is 0.0454. The van der Waals surface area contributed by atoms with Gasteiger partial charge in [-0.3, -0.25) is 0 Å². The topological polar surface area (TPSA) is 70.7 Å². The Balaban J connectivity index is 1.84. The fourth-order valence-electron chi connectivity index (χ4n) is 3.88. The molecule has 1 aliphatic heterocycles. The van der Waals surface area contributed by atoms with Gasteiger partial charge in [-0.2, -0.15) is 0 Å². The Kier molecular flexibility index (Phi) is 5.73. The summed E-state index contributed by atoms with van der Waals surface area (Å²) in [6, 6.07) is 7.01. The van der Waals surface area contributed by atoms with E-state index < -0.39 is 6.04 Å². The Morgan fingerprint density at radius 3 is 2.52 bits per heavy atom. The number of hydrogen-bond donors (Lipinski definition) is 2. The zero-order valence-corrected chi connectivity index (χ0v) is 16.5. The molecular formula is C21H29N3O3. The van der Waals surface area contributed by atoms with Gasteiger partial charge in [-0.05, 0) is 49.8 Å². The second-order valence-corrected chi connectivity index (χ2v) is 7.86. The lowest BCUT2D eigenvalue weighted by Crippen LogP contribution is -2.45. The third-order valence-electron chi connectivity index (χ3n) is 5.39. The van der Waals surface area contributed by atoms with Crippen molar-refractivity contribution in [3.05, 3.63) is 41.1 Å². The van der Waals surface area contributed by atoms with Crippen molar-refractivity contribution in [1.29, 1.82) is 0 Å². The molecule has 0 aromatic heterocycles. The second-order valence-electron chi connectivity index (χ2n) is 7.86. The average molecular weight is 371 g/mol. The minimum Gasteiger partial charge on any atom is -0.459 e. The van der Waals surface area contributed by atoms with Gasteiger partial charge in [0, 0.05) is 25.5 Å². The molecule has 0 unspecified atom stereocenters. The largest absolute Gasteiger partial charge is 0.459 e. The third-order valence-corrected chi connectivity index (χ3v) is 5.39. The Hall–Kier alpha value is -2.50. The van der Waals surface area contributed by atoms with Gasteiger partial charge < -0.3 is 20.3 Å². The quantitative estimate of drug-likeness (QED) is 0.795. The summed E-state index contributed by atoms with van der Waals surface area (Å²) < 4.78 is 5.82. The Morgan fingerprint density at radius 2 is 1.89 bits per heavy atom. The van der Waals surface area contributed by atoms with Crippen molar-refractivity contribution in [2.75, 3.05) is 19.0 Å². The number of carbonyl (C=O) groups is 2. The van der Waals surface area contributed by atoms with Gasteiger partial charge in [0.05, 0.1) is 11.6 Å². The molecule has 6 nitrogen and oxygen atoms in total. The zero-order valence-electron chi connectivity index (χ0n) is 16.5. The highest BCUT2D eigenvalue weighted by atomic mass is 16.5. The first-order chi connectivity index (χ1) is 12.8. The highest BCUT2D eigenvalue weighted by molar-refractivity contribution is 5.95. The molecule has 2 amide bonds. The molecule has 1 aromatic rings. The van der Waals surface area contributed by atoms with Gasteiger partial charge in [0.1, 0.15) is 6.10 Å². The van der Waals surface area contributed by atoms with Crippen LogP contribution >= 0.6 is 0 Å². The maximum atomic E-state index is 13.0. The number of urea groups is 1. The average Bonchev–Trinajstić information content (AvgIpc) is 2.61. The molecule has 3 rings (SSSR count). The van der Waals surface area contributed by atoms with E-state index in [9.17, 15) is 9.59 Å². The van der Waals surface area contributed by atoms with Crippen LogP contribution in [0.2, 0.25) is 0 Å². The van der Waals surface area contributed by atoms with E-state index in [1.54, 1.807) is 6.92 Å². The van der Waals surface area contributed by atoms with E-state index in [1.165, 1.54) is 6.42 Å². The number of benzene rings is 1. The number of ether oxygens (including phenoxy) is 1. The molecule has 3 atom stereocenters. The smallest absolute Gasteiger partial charge is 0.338 e. The molecule has 0 spiro atoms. The van der Waals surface area contributed by atoms with Crippen molar-refractivity contribution in [1.82, 2.24) is 10.6 Å². The van der Waals surface area contributed by atoms with Crippen LogP contribution in [0.1, 0.15) is 51.1 Å². The molecule has 2 N–H and O–H groups in total. The van der Waals surface area contributed by atoms with Crippen LogP contribution in [-0.2, 0) is 9.53 Å². The molecule has 0 radical (unpaired) electrons. The predicted octanol–water partition coefficient (Wildman–Crippen LogP) is 3.50. The maximum Gasteiger partial charge on any atom is 0.338 e. The number of esters is 1. The molecule has 146 valence electrons. The number of hydrogen-bond acceptors (Lipinski definition) is 4. The van der Waals surface area contributed by atoms with Crippen LogP contribution in [-0.4, -0.2) is 32.2 Å². The lowest BCUT2D eigenvalue weighted by molar-refractivity contribution is -0.146. The van der Waals surface area contributed by atoms with E-state index in [-0.39, 0.29) is 18.1 Å². The van der Waals surface area contributed by atoms with E-state index in [0.717, 1.165) is 30.5 Å². The summed E-state index contributed by atoms with van der Waals surface area (Å²) >= 11 is 0. The van der Waals surface area contributed by atoms with Crippen molar-refractivity contribution in [2.45, 2.75) is 51.7 Å². The first kappa shape index (κ1) is 19.3. The Bertz CT molecular complexity index is 740. The maximum absolute atomic E-state index is 13.0. The van der Waals surface area contributed by atoms with E-state index >= 15 is 0 Å². The highest BCUT2D eigenvalue weighted by Gasteiger charge is 2.34. The molecule has 1 fully saturated rings. The number of amides is 2. The van der Waals surface area contributed by atoms with Gasteiger partial charge in [0.2, 0.25) is 0 Å². The van der Waals surface area contributed by atoms with Crippen LogP contribution in [0.15, 0.2) is 35.5 Å². The van der Waals surface area contributed by atoms with Crippen LogP contribution in [0.5, 0.6) is 0 Å². The fourth-order valence-corrected chi connectivity index (χ4v) is 3.88. The number of nitrogens with one attached hydrogen (secondary N) is 2. The minimum atomic E-state index is -0.511. The summed E-state index contributed by atoms with van der Waals surface area (Å²) in [5.41, 5.74) is 2.94. The Morgan fingerprint density at radius 1 is 1.19 bits per heavy atom. The normalized spacial score (nSPS) is 25.5. The lowest BCUT2D eigenvalue weighted by Gasteiger charge is -2.31. The van der Waals surface area contributed by atoms with E-state index in [4.69, 9.17) is 4.74 Å². The highest BCUT2D eigenvalue weighted by Crippen LogP contribution is 2.31. The molecule has 1 aliphatic carbocycles. The van der Waals surface area contributed by atoms with E-state index in [0.29, 0.717) is 17.2 Å². The van der Waals surface area contributed by atoms with Gasteiger partial charge in [-0.25, -0.2) is 9.59 Å². The van der Waals surface area contributed by atoms with Gasteiger partial charge in [0.15, 0.2) is 0 Å². The first-order valence-electron chi connectivity index (χ1n) is 9.61. The van der Waals surface area contributed by atoms with E-state index in [2.05, 4.69) is 17.6 Å². The Labute approximate surface area is 161 Å².